The van der Waals surface area contributed by atoms with Crippen LogP contribution in [-0.4, -0.2) is 21.8 Å². The number of rotatable bonds is 3. The number of hydrogen-bond donors (Lipinski definition) is 4. The normalized spacial score (nSPS) is 9.90. The Morgan fingerprint density at radius 2 is 1.25 bits per heavy atom. The molecule has 8 nitrogen and oxygen atoms in total. The molecule has 6 N–H and O–H groups in total. The molecule has 0 saturated carbocycles. The molecule has 0 aliphatic rings. The largest absolute Gasteiger partial charge is 0.290 e. The van der Waals surface area contributed by atoms with Crippen molar-refractivity contribution in [1.29, 1.82) is 0 Å². The Hall–Kier alpha value is -2.84. The van der Waals surface area contributed by atoms with E-state index in [1.54, 1.807) is 12.1 Å². The first kappa shape index (κ1) is 13.6. The highest BCUT2D eigenvalue weighted by Crippen LogP contribution is 2.22. The van der Waals surface area contributed by atoms with E-state index in [2.05, 4.69) is 9.97 Å². The van der Waals surface area contributed by atoms with Crippen LogP contribution in [0.3, 0.4) is 0 Å². The summed E-state index contributed by atoms with van der Waals surface area (Å²) >= 11 is 0. The Balaban J connectivity index is 2.64. The zero-order valence-electron chi connectivity index (χ0n) is 10.3. The fourth-order valence-corrected chi connectivity index (χ4v) is 1.71. The quantitative estimate of drug-likeness (QED) is 0.333. The van der Waals surface area contributed by atoms with Gasteiger partial charge in [0.15, 0.2) is 0 Å². The van der Waals surface area contributed by atoms with E-state index in [4.69, 9.17) is 11.7 Å². The molecule has 2 aromatic heterocycles. The standard InChI is InChI=1S/C12H12N6O2/c13-17-11(19)7-3-1-5-15-9(7)10-8(12(20)18-14)4-2-6-16-10/h1-6H,13-14H2,(H,17,19)(H,18,20). The summed E-state index contributed by atoms with van der Waals surface area (Å²) in [6.45, 7) is 0. The molecule has 0 fully saturated rings. The van der Waals surface area contributed by atoms with E-state index in [0.29, 0.717) is 0 Å². The molecule has 0 saturated heterocycles. The van der Waals surface area contributed by atoms with Crippen LogP contribution in [0.1, 0.15) is 20.7 Å². The summed E-state index contributed by atoms with van der Waals surface area (Å²) in [6, 6.07) is 6.23. The maximum atomic E-state index is 11.7. The van der Waals surface area contributed by atoms with Crippen LogP contribution in [0.25, 0.3) is 11.4 Å². The summed E-state index contributed by atoms with van der Waals surface area (Å²) in [5, 5.41) is 0. The van der Waals surface area contributed by atoms with Crippen LogP contribution in [-0.2, 0) is 0 Å². The molecular weight excluding hydrogens is 260 g/mol. The first-order valence-electron chi connectivity index (χ1n) is 5.61. The fourth-order valence-electron chi connectivity index (χ4n) is 1.71. The third-order valence-corrected chi connectivity index (χ3v) is 2.59. The number of hydrazine groups is 2. The summed E-state index contributed by atoms with van der Waals surface area (Å²) in [5.74, 6) is 9.20. The number of nitrogens with zero attached hydrogens (tertiary/aromatic N) is 2. The predicted molar refractivity (Wildman–Crippen MR) is 70.8 cm³/mol. The van der Waals surface area contributed by atoms with Crippen LogP contribution in [0.5, 0.6) is 0 Å². The maximum Gasteiger partial charge on any atom is 0.267 e. The van der Waals surface area contributed by atoms with Gasteiger partial charge in [-0.05, 0) is 24.3 Å². The third kappa shape index (κ3) is 2.46. The van der Waals surface area contributed by atoms with Crippen LogP contribution in [0.15, 0.2) is 36.7 Å². The van der Waals surface area contributed by atoms with Crippen molar-refractivity contribution in [2.45, 2.75) is 0 Å². The van der Waals surface area contributed by atoms with Crippen LogP contribution >= 0.6 is 0 Å². The minimum absolute atomic E-state index is 0.208. The van der Waals surface area contributed by atoms with E-state index in [1.807, 2.05) is 10.9 Å². The van der Waals surface area contributed by atoms with E-state index in [1.165, 1.54) is 24.5 Å². The van der Waals surface area contributed by atoms with Gasteiger partial charge in [-0.2, -0.15) is 0 Å². The minimum atomic E-state index is -0.530. The molecule has 20 heavy (non-hydrogen) atoms. The summed E-state index contributed by atoms with van der Waals surface area (Å²) in [6.07, 6.45) is 2.98. The molecule has 0 radical (unpaired) electrons. The summed E-state index contributed by atoms with van der Waals surface area (Å²) in [7, 11) is 0. The van der Waals surface area contributed by atoms with Crippen molar-refractivity contribution in [3.8, 4) is 11.4 Å². The molecule has 0 aliphatic carbocycles. The first-order chi connectivity index (χ1) is 9.69. The number of carbonyl (C=O) groups is 2. The number of nitrogen functional groups attached to an aromatic ring is 2. The number of aromatic nitrogens is 2. The van der Waals surface area contributed by atoms with Crippen LogP contribution in [0.4, 0.5) is 0 Å². The summed E-state index contributed by atoms with van der Waals surface area (Å²) in [4.78, 5) is 31.6. The monoisotopic (exact) mass is 272 g/mol. The van der Waals surface area contributed by atoms with Gasteiger partial charge in [-0.1, -0.05) is 0 Å². The van der Waals surface area contributed by atoms with Crippen molar-refractivity contribution in [3.05, 3.63) is 47.8 Å². The van der Waals surface area contributed by atoms with Gasteiger partial charge in [0, 0.05) is 12.4 Å². The molecule has 2 rings (SSSR count). The number of pyridine rings is 2. The Morgan fingerprint density at radius 3 is 1.60 bits per heavy atom. The van der Waals surface area contributed by atoms with Gasteiger partial charge < -0.3 is 0 Å². The SMILES string of the molecule is NNC(=O)c1cccnc1-c1ncccc1C(=O)NN. The van der Waals surface area contributed by atoms with Gasteiger partial charge in [-0.3, -0.25) is 30.4 Å². The van der Waals surface area contributed by atoms with E-state index in [-0.39, 0.29) is 22.5 Å². The predicted octanol–water partition coefficient (Wildman–Crippen LogP) is -0.649. The molecule has 8 heteroatoms. The zero-order chi connectivity index (χ0) is 14.5. The zero-order valence-corrected chi connectivity index (χ0v) is 10.3. The Bertz CT molecular complexity index is 600. The molecule has 0 aromatic carbocycles. The highest BCUT2D eigenvalue weighted by atomic mass is 16.2. The molecule has 102 valence electrons. The molecule has 0 spiro atoms. The van der Waals surface area contributed by atoms with E-state index >= 15 is 0 Å². The molecular formula is C12H12N6O2. The van der Waals surface area contributed by atoms with Gasteiger partial charge in [-0.15, -0.1) is 0 Å². The average molecular weight is 272 g/mol. The molecule has 0 aliphatic heterocycles. The van der Waals surface area contributed by atoms with Gasteiger partial charge in [0.05, 0.1) is 11.1 Å². The number of carbonyl (C=O) groups excluding carboxylic acids is 2. The Kier molecular flexibility index (Phi) is 3.99. The first-order valence-corrected chi connectivity index (χ1v) is 5.61. The van der Waals surface area contributed by atoms with Gasteiger partial charge >= 0.3 is 0 Å². The Labute approximate surface area is 114 Å². The molecule has 2 aromatic rings. The lowest BCUT2D eigenvalue weighted by atomic mass is 10.1. The van der Waals surface area contributed by atoms with E-state index < -0.39 is 11.8 Å². The van der Waals surface area contributed by atoms with Crippen molar-refractivity contribution in [2.75, 3.05) is 0 Å². The van der Waals surface area contributed by atoms with Crippen molar-refractivity contribution >= 4 is 11.8 Å². The van der Waals surface area contributed by atoms with Crippen molar-refractivity contribution in [1.82, 2.24) is 20.8 Å². The number of amides is 2. The molecule has 2 amide bonds. The van der Waals surface area contributed by atoms with Gasteiger partial charge in [0.2, 0.25) is 0 Å². The van der Waals surface area contributed by atoms with Gasteiger partial charge in [0.1, 0.15) is 11.4 Å². The van der Waals surface area contributed by atoms with Crippen molar-refractivity contribution in [3.63, 3.8) is 0 Å². The van der Waals surface area contributed by atoms with E-state index in [9.17, 15) is 9.59 Å². The average Bonchev–Trinajstić information content (AvgIpc) is 2.53. The molecule has 0 unspecified atom stereocenters. The summed E-state index contributed by atoms with van der Waals surface area (Å²) in [5.41, 5.74) is 4.95. The van der Waals surface area contributed by atoms with Gasteiger partial charge in [0.25, 0.3) is 11.8 Å². The number of hydrogen-bond acceptors (Lipinski definition) is 6. The lowest BCUT2D eigenvalue weighted by molar-refractivity contribution is 0.0944. The third-order valence-electron chi connectivity index (χ3n) is 2.59. The second-order valence-corrected chi connectivity index (χ2v) is 3.75. The molecule has 2 heterocycles. The highest BCUT2D eigenvalue weighted by molar-refractivity contribution is 6.04. The topological polar surface area (TPSA) is 136 Å². The van der Waals surface area contributed by atoms with Crippen LogP contribution in [0, 0.1) is 0 Å². The van der Waals surface area contributed by atoms with E-state index in [0.717, 1.165) is 0 Å². The Morgan fingerprint density at radius 1 is 0.850 bits per heavy atom. The van der Waals surface area contributed by atoms with Crippen molar-refractivity contribution < 1.29 is 9.59 Å². The second kappa shape index (κ2) is 5.87. The van der Waals surface area contributed by atoms with Crippen molar-refractivity contribution in [2.24, 2.45) is 11.7 Å². The molecule has 0 atom stereocenters. The smallest absolute Gasteiger partial charge is 0.267 e. The summed E-state index contributed by atoms with van der Waals surface area (Å²) < 4.78 is 0. The lowest BCUT2D eigenvalue weighted by Gasteiger charge is -2.09. The highest BCUT2D eigenvalue weighted by Gasteiger charge is 2.19. The van der Waals surface area contributed by atoms with Crippen LogP contribution < -0.4 is 22.5 Å². The minimum Gasteiger partial charge on any atom is -0.290 e. The fraction of sp³-hybridized carbons (Fsp3) is 0. The maximum absolute atomic E-state index is 11.7. The number of nitrogens with two attached hydrogens (primary N) is 2. The lowest BCUT2D eigenvalue weighted by Crippen LogP contribution is -2.32. The number of nitrogens with one attached hydrogen (secondary N) is 2. The second-order valence-electron chi connectivity index (χ2n) is 3.75. The molecule has 0 bridgehead atoms. The van der Waals surface area contributed by atoms with Crippen LogP contribution in [0.2, 0.25) is 0 Å². The van der Waals surface area contributed by atoms with Gasteiger partial charge in [-0.25, -0.2) is 11.7 Å².